The van der Waals surface area contributed by atoms with Gasteiger partial charge in [0.05, 0.1) is 5.69 Å². The van der Waals surface area contributed by atoms with Gasteiger partial charge < -0.3 is 10.1 Å². The monoisotopic (exact) mass is 190 g/mol. The Morgan fingerprint density at radius 2 is 1.93 bits per heavy atom. The van der Waals surface area contributed by atoms with Crippen molar-refractivity contribution in [1.82, 2.24) is 14.4 Å². The highest BCUT2D eigenvalue weighted by atomic mass is 15.0. The summed E-state index contributed by atoms with van der Waals surface area (Å²) in [5.74, 6) is 0. The van der Waals surface area contributed by atoms with Crippen molar-refractivity contribution in [2.45, 2.75) is 19.3 Å². The Hall–Kier alpha value is -1.42. The first kappa shape index (κ1) is 9.15. The third-order valence-corrected chi connectivity index (χ3v) is 2.25. The van der Waals surface area contributed by atoms with Crippen LogP contribution in [0.15, 0.2) is 24.8 Å². The molecule has 0 saturated carbocycles. The molecule has 2 aromatic rings. The topological polar surface area (TPSA) is 56.2 Å². The van der Waals surface area contributed by atoms with Crippen LogP contribution in [0.3, 0.4) is 0 Å². The Bertz CT molecular complexity index is 407. The number of imidazole rings is 1. The quantitative estimate of drug-likeness (QED) is 0.732. The maximum atomic E-state index is 5.44. The molecular formula is C10H14N4. The first-order valence-electron chi connectivity index (χ1n) is 4.88. The molecule has 4 heteroatoms. The molecule has 0 spiro atoms. The number of rotatable bonds is 4. The van der Waals surface area contributed by atoms with Crippen molar-refractivity contribution in [1.29, 1.82) is 0 Å². The van der Waals surface area contributed by atoms with Gasteiger partial charge in [-0.15, -0.1) is 0 Å². The Morgan fingerprint density at radius 3 is 2.71 bits per heavy atom. The van der Waals surface area contributed by atoms with Crippen LogP contribution < -0.4 is 5.73 Å². The largest absolute Gasteiger partial charge is 0.330 e. The zero-order valence-electron chi connectivity index (χ0n) is 8.06. The fourth-order valence-corrected chi connectivity index (χ4v) is 1.52. The maximum absolute atomic E-state index is 5.44. The van der Waals surface area contributed by atoms with E-state index in [9.17, 15) is 0 Å². The van der Waals surface area contributed by atoms with Crippen molar-refractivity contribution in [3.8, 4) is 0 Å². The van der Waals surface area contributed by atoms with Crippen LogP contribution in [0.2, 0.25) is 0 Å². The molecule has 2 N–H and O–H groups in total. The van der Waals surface area contributed by atoms with Crippen LogP contribution in [0.1, 0.15) is 18.5 Å². The number of aryl methyl sites for hydroxylation is 1. The normalized spacial score (nSPS) is 10.9. The molecule has 14 heavy (non-hydrogen) atoms. The van der Waals surface area contributed by atoms with Crippen LogP contribution in [0, 0.1) is 0 Å². The van der Waals surface area contributed by atoms with E-state index in [4.69, 9.17) is 5.73 Å². The number of hydrogen-bond acceptors (Lipinski definition) is 3. The van der Waals surface area contributed by atoms with Crippen molar-refractivity contribution >= 4 is 5.65 Å². The number of unbranched alkanes of at least 4 members (excludes halogenated alkanes) is 1. The van der Waals surface area contributed by atoms with Gasteiger partial charge in [-0.25, -0.2) is 4.98 Å². The number of hydrogen-bond donors (Lipinski definition) is 1. The molecule has 0 radical (unpaired) electrons. The molecule has 0 saturated heterocycles. The van der Waals surface area contributed by atoms with E-state index in [1.54, 1.807) is 6.20 Å². The summed E-state index contributed by atoms with van der Waals surface area (Å²) in [5, 5.41) is 0. The highest BCUT2D eigenvalue weighted by Gasteiger charge is 2.02. The van der Waals surface area contributed by atoms with Gasteiger partial charge >= 0.3 is 0 Å². The summed E-state index contributed by atoms with van der Waals surface area (Å²) in [6.07, 6.45) is 10.5. The third-order valence-electron chi connectivity index (χ3n) is 2.25. The summed E-state index contributed by atoms with van der Waals surface area (Å²) in [6.45, 7) is 0.748. The summed E-state index contributed by atoms with van der Waals surface area (Å²) >= 11 is 0. The predicted octanol–water partition coefficient (Wildman–Crippen LogP) is 1.01. The van der Waals surface area contributed by atoms with E-state index in [1.165, 1.54) is 0 Å². The van der Waals surface area contributed by atoms with Crippen LogP contribution in [0.5, 0.6) is 0 Å². The molecule has 74 valence electrons. The molecule has 2 aromatic heterocycles. The minimum atomic E-state index is 0.748. The van der Waals surface area contributed by atoms with Gasteiger partial charge in [0, 0.05) is 24.8 Å². The summed E-state index contributed by atoms with van der Waals surface area (Å²) in [7, 11) is 0. The number of fused-ring (bicyclic) bond motifs is 1. The maximum Gasteiger partial charge on any atom is 0.158 e. The average Bonchev–Trinajstić information content (AvgIpc) is 2.67. The average molecular weight is 190 g/mol. The van der Waals surface area contributed by atoms with E-state index >= 15 is 0 Å². The molecule has 2 rings (SSSR count). The molecule has 2 heterocycles. The van der Waals surface area contributed by atoms with Crippen LogP contribution in [-0.2, 0) is 6.42 Å². The molecule has 4 nitrogen and oxygen atoms in total. The minimum Gasteiger partial charge on any atom is -0.330 e. The lowest BCUT2D eigenvalue weighted by Crippen LogP contribution is -2.01. The molecule has 0 unspecified atom stereocenters. The Morgan fingerprint density at radius 1 is 1.14 bits per heavy atom. The van der Waals surface area contributed by atoms with Gasteiger partial charge in [-0.1, -0.05) is 0 Å². The van der Waals surface area contributed by atoms with Crippen LogP contribution in [0.4, 0.5) is 0 Å². The minimum absolute atomic E-state index is 0.748. The SMILES string of the molecule is NCCCCc1nccn2ccnc12. The zero-order valence-corrected chi connectivity index (χ0v) is 8.06. The Balaban J connectivity index is 2.19. The molecule has 0 amide bonds. The lowest BCUT2D eigenvalue weighted by atomic mass is 10.2. The van der Waals surface area contributed by atoms with Crippen molar-refractivity contribution in [2.75, 3.05) is 6.54 Å². The standard InChI is InChI=1S/C10H14N4/c11-4-2-1-3-9-10-13-6-8-14(10)7-5-12-9/h5-8H,1-4,11H2. The van der Waals surface area contributed by atoms with Crippen molar-refractivity contribution in [3.05, 3.63) is 30.5 Å². The highest BCUT2D eigenvalue weighted by Crippen LogP contribution is 2.08. The number of aromatic nitrogens is 3. The molecule has 0 atom stereocenters. The third kappa shape index (κ3) is 1.75. The zero-order chi connectivity index (χ0) is 9.80. The summed E-state index contributed by atoms with van der Waals surface area (Å²) in [6, 6.07) is 0. The van der Waals surface area contributed by atoms with E-state index < -0.39 is 0 Å². The van der Waals surface area contributed by atoms with Crippen LogP contribution >= 0.6 is 0 Å². The fourth-order valence-electron chi connectivity index (χ4n) is 1.52. The van der Waals surface area contributed by atoms with Crippen molar-refractivity contribution in [3.63, 3.8) is 0 Å². The van der Waals surface area contributed by atoms with Gasteiger partial charge in [0.15, 0.2) is 5.65 Å². The molecule has 0 aliphatic carbocycles. The van der Waals surface area contributed by atoms with E-state index in [0.717, 1.165) is 37.1 Å². The van der Waals surface area contributed by atoms with Crippen molar-refractivity contribution in [2.24, 2.45) is 5.73 Å². The molecule has 0 bridgehead atoms. The first-order chi connectivity index (χ1) is 6.92. The smallest absolute Gasteiger partial charge is 0.158 e. The first-order valence-corrected chi connectivity index (χ1v) is 4.88. The lowest BCUT2D eigenvalue weighted by molar-refractivity contribution is 0.732. The van der Waals surface area contributed by atoms with Gasteiger partial charge in [0.1, 0.15) is 0 Å². The van der Waals surface area contributed by atoms with Gasteiger partial charge in [0.25, 0.3) is 0 Å². The van der Waals surface area contributed by atoms with E-state index in [0.29, 0.717) is 0 Å². The van der Waals surface area contributed by atoms with E-state index in [2.05, 4.69) is 9.97 Å². The predicted molar refractivity (Wildman–Crippen MR) is 55.0 cm³/mol. The van der Waals surface area contributed by atoms with Crippen LogP contribution in [-0.4, -0.2) is 20.9 Å². The van der Waals surface area contributed by atoms with Crippen LogP contribution in [0.25, 0.3) is 5.65 Å². The Labute approximate surface area is 82.8 Å². The molecular weight excluding hydrogens is 176 g/mol. The lowest BCUT2D eigenvalue weighted by Gasteiger charge is -2.01. The van der Waals surface area contributed by atoms with Gasteiger partial charge in [0.2, 0.25) is 0 Å². The fraction of sp³-hybridized carbons (Fsp3) is 0.400. The summed E-state index contributed by atoms with van der Waals surface area (Å²) < 4.78 is 1.99. The number of nitrogens with two attached hydrogens (primary N) is 1. The summed E-state index contributed by atoms with van der Waals surface area (Å²) in [4.78, 5) is 8.59. The van der Waals surface area contributed by atoms with Gasteiger partial charge in [-0.05, 0) is 25.8 Å². The molecule has 0 aromatic carbocycles. The van der Waals surface area contributed by atoms with E-state index in [1.807, 2.05) is 23.0 Å². The van der Waals surface area contributed by atoms with Crippen molar-refractivity contribution < 1.29 is 0 Å². The number of nitrogens with zero attached hydrogens (tertiary/aromatic N) is 3. The Kier molecular flexibility index (Phi) is 2.74. The molecule has 0 aliphatic rings. The second kappa shape index (κ2) is 4.19. The van der Waals surface area contributed by atoms with Gasteiger partial charge in [-0.2, -0.15) is 0 Å². The second-order valence-electron chi connectivity index (χ2n) is 3.28. The van der Waals surface area contributed by atoms with E-state index in [-0.39, 0.29) is 0 Å². The molecule has 0 aliphatic heterocycles. The second-order valence-corrected chi connectivity index (χ2v) is 3.28. The highest BCUT2D eigenvalue weighted by molar-refractivity contribution is 5.43. The summed E-state index contributed by atoms with van der Waals surface area (Å²) in [5.41, 5.74) is 7.47. The molecule has 0 fully saturated rings. The van der Waals surface area contributed by atoms with Gasteiger partial charge in [-0.3, -0.25) is 4.98 Å².